The molecule has 0 aliphatic heterocycles. The van der Waals surface area contributed by atoms with E-state index >= 15 is 0 Å². The molecule has 0 radical (unpaired) electrons. The van der Waals surface area contributed by atoms with Gasteiger partial charge in [-0.1, -0.05) is 31.2 Å². The smallest absolute Gasteiger partial charge is 0.341 e. The molecule has 154 valence electrons. The van der Waals surface area contributed by atoms with E-state index in [-0.39, 0.29) is 17.0 Å². The van der Waals surface area contributed by atoms with Gasteiger partial charge in [0.15, 0.2) is 11.9 Å². The van der Waals surface area contributed by atoms with Crippen LogP contribution in [0.5, 0.6) is 0 Å². The second-order valence-corrected chi connectivity index (χ2v) is 6.56. The van der Waals surface area contributed by atoms with Gasteiger partial charge in [0.25, 0.3) is 11.8 Å². The molecule has 0 aliphatic rings. The quantitative estimate of drug-likeness (QED) is 0.571. The lowest BCUT2D eigenvalue weighted by Gasteiger charge is -2.15. The molecular weight excluding hydrogens is 384 g/mol. The number of para-hydroxylation sites is 1. The first kappa shape index (κ1) is 20.9. The average molecular weight is 406 g/mol. The average Bonchev–Trinajstić information content (AvgIpc) is 3.29. The highest BCUT2D eigenvalue weighted by Gasteiger charge is 2.22. The number of aryl methyl sites for hydroxylation is 1. The zero-order valence-corrected chi connectivity index (χ0v) is 16.7. The Labute approximate surface area is 174 Å². The van der Waals surface area contributed by atoms with Crippen LogP contribution in [0.3, 0.4) is 0 Å². The summed E-state index contributed by atoms with van der Waals surface area (Å²) < 4.78 is 10.4. The van der Waals surface area contributed by atoms with E-state index in [0.29, 0.717) is 5.69 Å². The number of ether oxygens (including phenoxy) is 1. The molecule has 2 amide bonds. The van der Waals surface area contributed by atoms with Crippen LogP contribution in [0.1, 0.15) is 40.3 Å². The number of furan rings is 1. The Bertz CT molecular complexity index is 1030. The van der Waals surface area contributed by atoms with Crippen LogP contribution in [0, 0.1) is 0 Å². The van der Waals surface area contributed by atoms with Gasteiger partial charge in [-0.25, -0.2) is 4.79 Å². The minimum atomic E-state index is -1.03. The molecule has 2 N–H and O–H groups in total. The van der Waals surface area contributed by atoms with E-state index in [2.05, 4.69) is 10.6 Å². The zero-order valence-electron chi connectivity index (χ0n) is 16.7. The van der Waals surface area contributed by atoms with E-state index < -0.39 is 23.9 Å². The molecule has 0 bridgehead atoms. The summed E-state index contributed by atoms with van der Waals surface area (Å²) >= 11 is 0. The van der Waals surface area contributed by atoms with E-state index in [4.69, 9.17) is 9.15 Å². The highest BCUT2D eigenvalue weighted by molar-refractivity contribution is 6.07. The molecule has 7 nitrogen and oxygen atoms in total. The van der Waals surface area contributed by atoms with Gasteiger partial charge in [-0.3, -0.25) is 9.59 Å². The summed E-state index contributed by atoms with van der Waals surface area (Å²) in [6.45, 7) is 3.53. The maximum absolute atomic E-state index is 12.6. The molecule has 0 aliphatic carbocycles. The standard InChI is InChI=1S/C23H22N2O5/c1-3-16-10-12-17(13-11-16)24-21(26)15(2)30-23(28)18-7-4-5-8-19(18)25-22(27)20-9-6-14-29-20/h4-15H,3H2,1-2H3,(H,24,26)(H,25,27)/t15-/m0/s1. The van der Waals surface area contributed by atoms with E-state index in [9.17, 15) is 14.4 Å². The number of carbonyl (C=O) groups excluding carboxylic acids is 3. The van der Waals surface area contributed by atoms with Crippen LogP contribution in [0.25, 0.3) is 0 Å². The molecule has 1 atom stereocenters. The summed E-state index contributed by atoms with van der Waals surface area (Å²) in [4.78, 5) is 37.2. The Hall–Kier alpha value is -3.87. The van der Waals surface area contributed by atoms with Gasteiger partial charge >= 0.3 is 5.97 Å². The van der Waals surface area contributed by atoms with Crippen molar-refractivity contribution in [3.05, 3.63) is 83.8 Å². The van der Waals surface area contributed by atoms with Crippen molar-refractivity contribution in [1.29, 1.82) is 0 Å². The number of benzene rings is 2. The number of rotatable bonds is 7. The van der Waals surface area contributed by atoms with Crippen LogP contribution in [0.4, 0.5) is 11.4 Å². The molecule has 3 aromatic rings. The number of anilines is 2. The summed E-state index contributed by atoms with van der Waals surface area (Å²) in [5, 5.41) is 5.33. The molecular formula is C23H22N2O5. The monoisotopic (exact) mass is 406 g/mol. The minimum absolute atomic E-state index is 0.111. The van der Waals surface area contributed by atoms with E-state index in [1.807, 2.05) is 19.1 Å². The molecule has 1 aromatic heterocycles. The van der Waals surface area contributed by atoms with Gasteiger partial charge in [0.05, 0.1) is 17.5 Å². The molecule has 0 fully saturated rings. The molecule has 3 rings (SSSR count). The summed E-state index contributed by atoms with van der Waals surface area (Å²) in [5.74, 6) is -1.57. The molecule has 1 heterocycles. The predicted octanol–water partition coefficient (Wildman–Crippen LogP) is 4.28. The van der Waals surface area contributed by atoms with E-state index in [1.54, 1.807) is 36.4 Å². The van der Waals surface area contributed by atoms with Crippen molar-refractivity contribution < 1.29 is 23.5 Å². The number of amides is 2. The topological polar surface area (TPSA) is 97.6 Å². The number of hydrogen-bond donors (Lipinski definition) is 2. The molecule has 2 aromatic carbocycles. The Balaban J connectivity index is 1.64. The fourth-order valence-corrected chi connectivity index (χ4v) is 2.71. The number of carbonyl (C=O) groups is 3. The van der Waals surface area contributed by atoms with Crippen molar-refractivity contribution in [2.24, 2.45) is 0 Å². The first-order valence-electron chi connectivity index (χ1n) is 9.52. The van der Waals surface area contributed by atoms with Crippen LogP contribution in [0.15, 0.2) is 71.3 Å². The summed E-state index contributed by atoms with van der Waals surface area (Å²) in [6, 6.07) is 16.9. The number of nitrogens with one attached hydrogen (secondary N) is 2. The Morgan fingerprint density at radius 1 is 0.967 bits per heavy atom. The van der Waals surface area contributed by atoms with E-state index in [0.717, 1.165) is 12.0 Å². The van der Waals surface area contributed by atoms with Crippen molar-refractivity contribution in [2.75, 3.05) is 10.6 Å². The molecule has 0 saturated carbocycles. The Morgan fingerprint density at radius 2 is 1.70 bits per heavy atom. The highest BCUT2D eigenvalue weighted by Crippen LogP contribution is 2.19. The van der Waals surface area contributed by atoms with Crippen molar-refractivity contribution >= 4 is 29.2 Å². The van der Waals surface area contributed by atoms with Gasteiger partial charge in [-0.2, -0.15) is 0 Å². The van der Waals surface area contributed by atoms with Gasteiger partial charge in [0.1, 0.15) is 0 Å². The third-order valence-corrected chi connectivity index (χ3v) is 4.42. The maximum Gasteiger partial charge on any atom is 0.341 e. The minimum Gasteiger partial charge on any atom is -0.459 e. The summed E-state index contributed by atoms with van der Waals surface area (Å²) in [5.41, 5.74) is 2.16. The third-order valence-electron chi connectivity index (χ3n) is 4.42. The van der Waals surface area contributed by atoms with Gasteiger partial charge in [-0.15, -0.1) is 0 Å². The molecule has 7 heteroatoms. The fourth-order valence-electron chi connectivity index (χ4n) is 2.71. The number of hydrogen-bond acceptors (Lipinski definition) is 5. The highest BCUT2D eigenvalue weighted by atomic mass is 16.5. The predicted molar refractivity (Wildman–Crippen MR) is 112 cm³/mol. The molecule has 0 spiro atoms. The molecule has 0 saturated heterocycles. The first-order chi connectivity index (χ1) is 14.5. The van der Waals surface area contributed by atoms with Crippen molar-refractivity contribution in [1.82, 2.24) is 0 Å². The lowest BCUT2D eigenvalue weighted by molar-refractivity contribution is -0.123. The van der Waals surface area contributed by atoms with Crippen molar-refractivity contribution in [3.63, 3.8) is 0 Å². The first-order valence-corrected chi connectivity index (χ1v) is 9.52. The molecule has 30 heavy (non-hydrogen) atoms. The van der Waals surface area contributed by atoms with Crippen molar-refractivity contribution in [2.45, 2.75) is 26.4 Å². The second-order valence-electron chi connectivity index (χ2n) is 6.56. The lowest BCUT2D eigenvalue weighted by Crippen LogP contribution is -2.30. The molecule has 0 unspecified atom stereocenters. The van der Waals surface area contributed by atoms with Crippen LogP contribution in [-0.2, 0) is 16.0 Å². The summed E-state index contributed by atoms with van der Waals surface area (Å²) in [7, 11) is 0. The zero-order chi connectivity index (χ0) is 21.5. The van der Waals surface area contributed by atoms with Crippen molar-refractivity contribution in [3.8, 4) is 0 Å². The van der Waals surface area contributed by atoms with Gasteiger partial charge in [0, 0.05) is 5.69 Å². The Kier molecular flexibility index (Phi) is 6.64. The SMILES string of the molecule is CCc1ccc(NC(=O)[C@H](C)OC(=O)c2ccccc2NC(=O)c2ccco2)cc1. The maximum atomic E-state index is 12.6. The van der Waals surface area contributed by atoms with E-state index in [1.165, 1.54) is 25.3 Å². The van der Waals surface area contributed by atoms with Crippen LogP contribution >= 0.6 is 0 Å². The fraction of sp³-hybridized carbons (Fsp3) is 0.174. The van der Waals surface area contributed by atoms with Gasteiger partial charge < -0.3 is 19.8 Å². The largest absolute Gasteiger partial charge is 0.459 e. The lowest BCUT2D eigenvalue weighted by atomic mass is 10.1. The third kappa shape index (κ3) is 5.14. The van der Waals surface area contributed by atoms with Crippen LogP contribution < -0.4 is 10.6 Å². The Morgan fingerprint density at radius 3 is 2.37 bits per heavy atom. The number of esters is 1. The van der Waals surface area contributed by atoms with Gasteiger partial charge in [0.2, 0.25) is 0 Å². The summed E-state index contributed by atoms with van der Waals surface area (Å²) in [6.07, 6.45) is 1.25. The van der Waals surface area contributed by atoms with Crippen LogP contribution in [0.2, 0.25) is 0 Å². The van der Waals surface area contributed by atoms with Gasteiger partial charge in [-0.05, 0) is 55.3 Å². The van der Waals surface area contributed by atoms with Crippen LogP contribution in [-0.4, -0.2) is 23.9 Å². The normalized spacial score (nSPS) is 11.4. The second kappa shape index (κ2) is 9.56.